The summed E-state index contributed by atoms with van der Waals surface area (Å²) in [5.74, 6) is 0.989. The Bertz CT molecular complexity index is 972. The van der Waals surface area contributed by atoms with Crippen molar-refractivity contribution in [2.75, 3.05) is 20.2 Å². The summed E-state index contributed by atoms with van der Waals surface area (Å²) in [6.07, 6.45) is 5.01. The number of rotatable bonds is 6. The molecule has 2 bridgehead atoms. The molecule has 0 aliphatic carbocycles. The molecule has 3 atom stereocenters. The van der Waals surface area contributed by atoms with Crippen LogP contribution in [0.15, 0.2) is 54.6 Å². The number of fused-ring (bicyclic) bond motifs is 5. The lowest BCUT2D eigenvalue weighted by atomic mass is 9.86. The smallest absolute Gasteiger partial charge is 0.248 e. The van der Waals surface area contributed by atoms with Gasteiger partial charge in [-0.25, -0.2) is 0 Å². The van der Waals surface area contributed by atoms with Crippen molar-refractivity contribution in [1.82, 2.24) is 14.7 Å². The minimum Gasteiger partial charge on any atom is -0.497 e. The number of likely N-dealkylation sites (tertiary alicyclic amines) is 1. The quantitative estimate of drug-likeness (QED) is 0.681. The van der Waals surface area contributed by atoms with Gasteiger partial charge in [0.05, 0.1) is 7.11 Å². The van der Waals surface area contributed by atoms with E-state index in [0.29, 0.717) is 13.1 Å². The summed E-state index contributed by atoms with van der Waals surface area (Å²) in [4.78, 5) is 34.2. The molecule has 174 valence electrons. The van der Waals surface area contributed by atoms with E-state index in [2.05, 4.69) is 4.90 Å². The third kappa shape index (κ3) is 4.36. The standard InChI is InChI=1S/C27H33N3O3/c1-33-22-14-12-21(13-15-22)19-30-25-23(28-16-5-6-17-28)10-7-11-24(26(30)31)29(27(25)32)18-20-8-3-2-4-9-20/h2-4,8-9,12-15,23-25H,5-7,10-11,16-19H2,1H3/t23-,24+,25+/m0/s1. The number of hydrogen-bond acceptors (Lipinski definition) is 4. The Kier molecular flexibility index (Phi) is 6.36. The van der Waals surface area contributed by atoms with Crippen LogP contribution in [0.4, 0.5) is 0 Å². The molecular formula is C27H33N3O3. The Hall–Kier alpha value is -2.86. The third-order valence-corrected chi connectivity index (χ3v) is 7.48. The van der Waals surface area contributed by atoms with E-state index >= 15 is 0 Å². The van der Waals surface area contributed by atoms with Crippen molar-refractivity contribution in [2.24, 2.45) is 0 Å². The van der Waals surface area contributed by atoms with Crippen molar-refractivity contribution in [3.05, 3.63) is 65.7 Å². The van der Waals surface area contributed by atoms with E-state index < -0.39 is 6.04 Å². The fraction of sp³-hybridized carbons (Fsp3) is 0.481. The minimum atomic E-state index is -0.432. The van der Waals surface area contributed by atoms with Crippen molar-refractivity contribution < 1.29 is 14.3 Å². The molecule has 2 aromatic carbocycles. The van der Waals surface area contributed by atoms with Crippen molar-refractivity contribution in [1.29, 1.82) is 0 Å². The molecule has 4 saturated heterocycles. The number of carbonyl (C=O) groups excluding carboxylic acids is 2. The van der Waals surface area contributed by atoms with Gasteiger partial charge in [0, 0.05) is 19.1 Å². The average molecular weight is 448 g/mol. The molecule has 2 amide bonds. The fourth-order valence-electron chi connectivity index (χ4n) is 5.78. The van der Waals surface area contributed by atoms with Crippen LogP contribution in [0.1, 0.15) is 43.2 Å². The summed E-state index contributed by atoms with van der Waals surface area (Å²) >= 11 is 0. The zero-order chi connectivity index (χ0) is 22.8. The number of methoxy groups -OCH3 is 1. The van der Waals surface area contributed by atoms with Crippen LogP contribution in [0.3, 0.4) is 0 Å². The zero-order valence-electron chi connectivity index (χ0n) is 19.4. The van der Waals surface area contributed by atoms with Crippen molar-refractivity contribution >= 4 is 11.8 Å². The van der Waals surface area contributed by atoms with Gasteiger partial charge in [-0.05, 0) is 68.5 Å². The first-order valence-corrected chi connectivity index (χ1v) is 12.2. The van der Waals surface area contributed by atoms with Crippen LogP contribution >= 0.6 is 0 Å². The molecule has 33 heavy (non-hydrogen) atoms. The van der Waals surface area contributed by atoms with Gasteiger partial charge >= 0.3 is 0 Å². The topological polar surface area (TPSA) is 53.1 Å². The van der Waals surface area contributed by atoms with E-state index in [-0.39, 0.29) is 23.9 Å². The summed E-state index contributed by atoms with van der Waals surface area (Å²) in [5.41, 5.74) is 2.10. The number of nitrogens with zero attached hydrogens (tertiary/aromatic N) is 3. The van der Waals surface area contributed by atoms with Gasteiger partial charge in [0.2, 0.25) is 11.8 Å². The minimum absolute atomic E-state index is 0.0849. The summed E-state index contributed by atoms with van der Waals surface area (Å²) < 4.78 is 5.29. The molecule has 4 fully saturated rings. The summed E-state index contributed by atoms with van der Waals surface area (Å²) in [7, 11) is 1.65. The van der Waals surface area contributed by atoms with Crippen LogP contribution in [0.25, 0.3) is 0 Å². The lowest BCUT2D eigenvalue weighted by molar-refractivity contribution is -0.169. The van der Waals surface area contributed by atoms with Gasteiger partial charge in [0.25, 0.3) is 0 Å². The molecule has 0 spiro atoms. The second-order valence-electron chi connectivity index (χ2n) is 9.47. The first-order chi connectivity index (χ1) is 16.2. The van der Waals surface area contributed by atoms with Gasteiger partial charge in [-0.1, -0.05) is 42.5 Å². The van der Waals surface area contributed by atoms with Gasteiger partial charge in [0.15, 0.2) is 0 Å². The molecule has 6 rings (SSSR count). The molecule has 6 heteroatoms. The molecule has 2 aromatic rings. The van der Waals surface area contributed by atoms with Crippen LogP contribution in [0, 0.1) is 0 Å². The maximum absolute atomic E-state index is 14.1. The molecular weight excluding hydrogens is 414 g/mol. The summed E-state index contributed by atoms with van der Waals surface area (Å²) in [5, 5.41) is 0. The lowest BCUT2D eigenvalue weighted by Crippen LogP contribution is -2.70. The Morgan fingerprint density at radius 1 is 0.788 bits per heavy atom. The maximum Gasteiger partial charge on any atom is 0.248 e. The highest BCUT2D eigenvalue weighted by molar-refractivity contribution is 5.97. The fourth-order valence-corrected chi connectivity index (χ4v) is 5.78. The first-order valence-electron chi connectivity index (χ1n) is 12.2. The second-order valence-corrected chi connectivity index (χ2v) is 9.47. The Labute approximate surface area is 196 Å². The van der Waals surface area contributed by atoms with Gasteiger partial charge in [-0.15, -0.1) is 0 Å². The van der Waals surface area contributed by atoms with Crippen LogP contribution in [0.5, 0.6) is 5.75 Å². The molecule has 0 saturated carbocycles. The molecule has 4 aliphatic rings. The monoisotopic (exact) mass is 447 g/mol. The van der Waals surface area contributed by atoms with E-state index in [4.69, 9.17) is 4.74 Å². The van der Waals surface area contributed by atoms with Crippen molar-refractivity contribution in [2.45, 2.75) is 63.3 Å². The van der Waals surface area contributed by atoms with E-state index in [1.807, 2.05) is 64.4 Å². The molecule has 4 aliphatic heterocycles. The van der Waals surface area contributed by atoms with Crippen LogP contribution in [-0.4, -0.2) is 64.8 Å². The lowest BCUT2D eigenvalue weighted by Gasteiger charge is -2.51. The molecule has 6 nitrogen and oxygen atoms in total. The molecule has 0 unspecified atom stereocenters. The van der Waals surface area contributed by atoms with E-state index in [1.54, 1.807) is 7.11 Å². The second kappa shape index (κ2) is 9.56. The zero-order valence-corrected chi connectivity index (χ0v) is 19.4. The predicted octanol–water partition coefficient (Wildman–Crippen LogP) is 3.45. The Morgan fingerprint density at radius 3 is 2.15 bits per heavy atom. The normalized spacial score (nSPS) is 25.9. The van der Waals surface area contributed by atoms with E-state index in [1.165, 1.54) is 12.8 Å². The van der Waals surface area contributed by atoms with Crippen molar-refractivity contribution in [3.8, 4) is 5.75 Å². The number of hydrogen-bond donors (Lipinski definition) is 0. The molecule has 0 aromatic heterocycles. The number of carbonyl (C=O) groups is 2. The van der Waals surface area contributed by atoms with Gasteiger partial charge < -0.3 is 14.5 Å². The SMILES string of the molecule is COc1ccc(CN2C(=O)[C@H]3CCC[C@H](N4CCCC4)[C@@H]2C(=O)N3Cc2ccccc2)cc1. The predicted molar refractivity (Wildman–Crippen MR) is 127 cm³/mol. The van der Waals surface area contributed by atoms with Gasteiger partial charge in [0.1, 0.15) is 17.8 Å². The van der Waals surface area contributed by atoms with Gasteiger partial charge in [-0.3, -0.25) is 14.5 Å². The highest BCUT2D eigenvalue weighted by atomic mass is 16.5. The van der Waals surface area contributed by atoms with Crippen LogP contribution < -0.4 is 4.74 Å². The third-order valence-electron chi connectivity index (χ3n) is 7.48. The first kappa shape index (κ1) is 22.0. The average Bonchev–Trinajstić information content (AvgIpc) is 3.37. The van der Waals surface area contributed by atoms with Crippen molar-refractivity contribution in [3.63, 3.8) is 0 Å². The molecule has 0 radical (unpaired) electrons. The van der Waals surface area contributed by atoms with E-state index in [9.17, 15) is 9.59 Å². The van der Waals surface area contributed by atoms with Crippen LogP contribution in [-0.2, 0) is 22.7 Å². The summed E-state index contributed by atoms with van der Waals surface area (Å²) in [6, 6.07) is 17.1. The number of piperazine rings is 1. The Balaban J connectivity index is 1.49. The van der Waals surface area contributed by atoms with E-state index in [0.717, 1.165) is 49.2 Å². The maximum atomic E-state index is 14.1. The highest BCUT2D eigenvalue weighted by Crippen LogP contribution is 2.34. The van der Waals surface area contributed by atoms with Crippen LogP contribution in [0.2, 0.25) is 0 Å². The molecule has 4 heterocycles. The molecule has 0 N–H and O–H groups in total. The Morgan fingerprint density at radius 2 is 1.45 bits per heavy atom. The highest BCUT2D eigenvalue weighted by Gasteiger charge is 2.51. The number of amides is 2. The summed E-state index contributed by atoms with van der Waals surface area (Å²) in [6.45, 7) is 2.98. The number of ether oxygens (including phenoxy) is 1. The number of benzene rings is 2. The largest absolute Gasteiger partial charge is 0.497 e. The van der Waals surface area contributed by atoms with Gasteiger partial charge in [-0.2, -0.15) is 0 Å².